The number of carbonyl (C=O) groups excluding carboxylic acids is 1. The first-order chi connectivity index (χ1) is 17.5. The molecule has 2 aliphatic heterocycles. The lowest BCUT2D eigenvalue weighted by molar-refractivity contribution is -0.128. The van der Waals surface area contributed by atoms with Gasteiger partial charge in [0.1, 0.15) is 11.6 Å². The van der Waals surface area contributed by atoms with E-state index in [-0.39, 0.29) is 30.2 Å². The Labute approximate surface area is 209 Å². The van der Waals surface area contributed by atoms with Crippen LogP contribution in [0.1, 0.15) is 17.7 Å². The number of halogens is 1. The maximum atomic E-state index is 14.4. The molecular formula is C27H27FN6O2. The van der Waals surface area contributed by atoms with Crippen LogP contribution in [0.25, 0.3) is 10.8 Å². The summed E-state index contributed by atoms with van der Waals surface area (Å²) in [7, 11) is 1.54. The fraction of sp³-hybridized carbons (Fsp3) is 0.333. The third-order valence-electron chi connectivity index (χ3n) is 6.96. The van der Waals surface area contributed by atoms with E-state index in [2.05, 4.69) is 27.4 Å². The van der Waals surface area contributed by atoms with E-state index in [9.17, 15) is 14.4 Å². The quantitative estimate of drug-likeness (QED) is 0.511. The van der Waals surface area contributed by atoms with Gasteiger partial charge in [-0.15, -0.1) is 0 Å². The number of amides is 1. The largest absolute Gasteiger partial charge is 0.467 e. The van der Waals surface area contributed by atoms with Gasteiger partial charge in [-0.25, -0.2) is 4.39 Å². The fourth-order valence-electron chi connectivity index (χ4n) is 5.21. The fourth-order valence-corrected chi connectivity index (χ4v) is 5.21. The first-order valence-corrected chi connectivity index (χ1v) is 11.9. The minimum absolute atomic E-state index is 0.167. The van der Waals surface area contributed by atoms with E-state index in [4.69, 9.17) is 9.72 Å². The molecule has 0 spiro atoms. The molecule has 0 aliphatic carbocycles. The maximum Gasteiger partial charge on any atom is 0.318 e. The molecule has 1 unspecified atom stereocenters. The molecule has 0 saturated carbocycles. The van der Waals surface area contributed by atoms with E-state index in [1.807, 2.05) is 18.2 Å². The van der Waals surface area contributed by atoms with Gasteiger partial charge < -0.3 is 19.4 Å². The van der Waals surface area contributed by atoms with Crippen LogP contribution in [0.3, 0.4) is 0 Å². The highest BCUT2D eigenvalue weighted by molar-refractivity contribution is 5.94. The highest BCUT2D eigenvalue weighted by Crippen LogP contribution is 2.35. The molecule has 2 aliphatic rings. The number of nitrogens with zero attached hydrogens (tertiary/aromatic N) is 6. The summed E-state index contributed by atoms with van der Waals surface area (Å²) in [5.41, 5.74) is 2.86. The molecule has 3 heterocycles. The van der Waals surface area contributed by atoms with Crippen LogP contribution in [0, 0.1) is 17.1 Å². The Morgan fingerprint density at radius 1 is 1.19 bits per heavy atom. The number of ether oxygens (including phenoxy) is 1. The van der Waals surface area contributed by atoms with Crippen molar-refractivity contribution < 1.29 is 13.9 Å². The van der Waals surface area contributed by atoms with Gasteiger partial charge >= 0.3 is 6.01 Å². The smallest absolute Gasteiger partial charge is 0.318 e. The molecule has 5 rings (SSSR count). The summed E-state index contributed by atoms with van der Waals surface area (Å²) in [4.78, 5) is 27.7. The Morgan fingerprint density at radius 2 is 2.00 bits per heavy atom. The van der Waals surface area contributed by atoms with Crippen LogP contribution in [0.4, 0.5) is 15.9 Å². The Hall–Kier alpha value is -4.19. The molecule has 2 aromatic carbocycles. The minimum atomic E-state index is -0.253. The summed E-state index contributed by atoms with van der Waals surface area (Å²) < 4.78 is 19.8. The van der Waals surface area contributed by atoms with Crippen LogP contribution in [-0.4, -0.2) is 60.1 Å². The molecule has 184 valence electrons. The van der Waals surface area contributed by atoms with Crippen LogP contribution in [0.2, 0.25) is 0 Å². The van der Waals surface area contributed by atoms with Crippen LogP contribution in [0.5, 0.6) is 6.01 Å². The molecule has 1 amide bonds. The van der Waals surface area contributed by atoms with E-state index in [1.54, 1.807) is 24.1 Å². The van der Waals surface area contributed by atoms with Crippen molar-refractivity contribution in [1.82, 2.24) is 14.9 Å². The Bertz CT molecular complexity index is 1370. The zero-order valence-corrected chi connectivity index (χ0v) is 20.2. The van der Waals surface area contributed by atoms with Crippen molar-refractivity contribution in [1.29, 1.82) is 5.26 Å². The van der Waals surface area contributed by atoms with Gasteiger partial charge in [0.05, 0.1) is 37.9 Å². The predicted octanol–water partition coefficient (Wildman–Crippen LogP) is 3.46. The number of rotatable bonds is 5. The number of benzene rings is 2. The minimum Gasteiger partial charge on any atom is -0.467 e. The first kappa shape index (κ1) is 23.5. The van der Waals surface area contributed by atoms with Gasteiger partial charge in [-0.3, -0.25) is 4.79 Å². The van der Waals surface area contributed by atoms with Gasteiger partial charge in [-0.1, -0.05) is 30.8 Å². The second-order valence-corrected chi connectivity index (χ2v) is 8.94. The third-order valence-corrected chi connectivity index (χ3v) is 6.96. The summed E-state index contributed by atoms with van der Waals surface area (Å²) in [6.07, 6.45) is 2.23. The van der Waals surface area contributed by atoms with Crippen molar-refractivity contribution in [2.45, 2.75) is 25.4 Å². The number of carbonyl (C=O) groups is 1. The number of hydrogen-bond acceptors (Lipinski definition) is 7. The highest BCUT2D eigenvalue weighted by atomic mass is 19.1. The lowest BCUT2D eigenvalue weighted by Crippen LogP contribution is -2.55. The van der Waals surface area contributed by atoms with Gasteiger partial charge in [0.2, 0.25) is 5.91 Å². The number of methoxy groups -OCH3 is 1. The summed E-state index contributed by atoms with van der Waals surface area (Å²) in [5, 5.41) is 10.8. The second kappa shape index (κ2) is 9.82. The Balaban J connectivity index is 1.48. The number of hydrogen-bond donors (Lipinski definition) is 0. The molecule has 0 bridgehead atoms. The lowest BCUT2D eigenvalue weighted by atomic mass is 10.0. The molecule has 1 atom stereocenters. The number of aromatic nitrogens is 2. The molecule has 1 fully saturated rings. The molecule has 1 aromatic heterocycles. The van der Waals surface area contributed by atoms with Crippen molar-refractivity contribution in [3.05, 3.63) is 66.1 Å². The molecule has 8 nitrogen and oxygen atoms in total. The van der Waals surface area contributed by atoms with Crippen molar-refractivity contribution in [3.8, 4) is 12.1 Å². The van der Waals surface area contributed by atoms with E-state index >= 15 is 0 Å². The van der Waals surface area contributed by atoms with Gasteiger partial charge in [0.15, 0.2) is 0 Å². The van der Waals surface area contributed by atoms with Gasteiger partial charge in [0, 0.05) is 48.2 Å². The molecule has 1 saturated heterocycles. The van der Waals surface area contributed by atoms with Crippen molar-refractivity contribution in [2.24, 2.45) is 0 Å². The predicted molar refractivity (Wildman–Crippen MR) is 135 cm³/mol. The standard InChI is InChI=1S/C27H27FN6O2/c1-3-25(35)34-15-14-33(16-18(34)10-12-29)26-21-11-13-32(17-23(21)30-27(31-26)36-2)24-9-5-6-19-20(24)7-4-8-22(19)28/h3-9,18H,1,10-11,13-17H2,2H3. The second-order valence-electron chi connectivity index (χ2n) is 8.94. The normalized spacial score (nSPS) is 17.5. The zero-order chi connectivity index (χ0) is 25.2. The first-order valence-electron chi connectivity index (χ1n) is 11.9. The van der Waals surface area contributed by atoms with Crippen molar-refractivity contribution in [2.75, 3.05) is 43.1 Å². The Kier molecular flexibility index (Phi) is 6.42. The molecule has 3 aromatic rings. The third kappa shape index (κ3) is 4.19. The number of anilines is 2. The molecular weight excluding hydrogens is 459 g/mol. The Morgan fingerprint density at radius 3 is 2.78 bits per heavy atom. The average Bonchev–Trinajstić information content (AvgIpc) is 2.91. The van der Waals surface area contributed by atoms with Crippen LogP contribution in [-0.2, 0) is 17.8 Å². The van der Waals surface area contributed by atoms with E-state index in [0.29, 0.717) is 38.0 Å². The topological polar surface area (TPSA) is 85.6 Å². The van der Waals surface area contributed by atoms with Gasteiger partial charge in [-0.05, 0) is 24.6 Å². The number of fused-ring (bicyclic) bond motifs is 2. The van der Waals surface area contributed by atoms with E-state index in [0.717, 1.165) is 34.7 Å². The summed E-state index contributed by atoms with van der Waals surface area (Å²) in [5.74, 6) is 0.382. The van der Waals surface area contributed by atoms with Crippen LogP contribution >= 0.6 is 0 Å². The molecule has 36 heavy (non-hydrogen) atoms. The van der Waals surface area contributed by atoms with E-state index in [1.165, 1.54) is 12.1 Å². The molecule has 0 radical (unpaired) electrons. The van der Waals surface area contributed by atoms with Gasteiger partial charge in [0.25, 0.3) is 0 Å². The summed E-state index contributed by atoms with van der Waals surface area (Å²) in [6.45, 7) is 6.41. The van der Waals surface area contributed by atoms with Crippen molar-refractivity contribution >= 4 is 28.2 Å². The van der Waals surface area contributed by atoms with E-state index < -0.39 is 0 Å². The summed E-state index contributed by atoms with van der Waals surface area (Å²) >= 11 is 0. The zero-order valence-electron chi connectivity index (χ0n) is 20.2. The average molecular weight is 487 g/mol. The molecule has 0 N–H and O–H groups in total. The SMILES string of the molecule is C=CC(=O)N1CCN(c2nc(OC)nc3c2CCN(c2cccc4c(F)cccc24)C3)CC1CC#N. The number of nitriles is 1. The van der Waals surface area contributed by atoms with Crippen molar-refractivity contribution in [3.63, 3.8) is 0 Å². The maximum absolute atomic E-state index is 14.4. The number of piperazine rings is 1. The van der Waals surface area contributed by atoms with Crippen LogP contribution in [0.15, 0.2) is 49.1 Å². The van der Waals surface area contributed by atoms with Gasteiger partial charge in [-0.2, -0.15) is 15.2 Å². The lowest BCUT2D eigenvalue weighted by Gasteiger charge is -2.42. The highest BCUT2D eigenvalue weighted by Gasteiger charge is 2.33. The monoisotopic (exact) mass is 486 g/mol. The summed E-state index contributed by atoms with van der Waals surface area (Å²) in [6, 6.07) is 13.0. The molecule has 9 heteroatoms. The van der Waals surface area contributed by atoms with Crippen LogP contribution < -0.4 is 14.5 Å².